The minimum absolute atomic E-state index is 0.0905. The van der Waals surface area contributed by atoms with Gasteiger partial charge in [-0.05, 0) is 92.4 Å². The lowest BCUT2D eigenvalue weighted by atomic mass is 9.83. The minimum atomic E-state index is -4.46. The maximum atomic E-state index is 14.2. The first-order valence-corrected chi connectivity index (χ1v) is 18.4. The lowest BCUT2D eigenvalue weighted by molar-refractivity contribution is -0.138. The predicted octanol–water partition coefficient (Wildman–Crippen LogP) is 5.54. The van der Waals surface area contributed by atoms with E-state index in [1.165, 1.54) is 24.4 Å². The van der Waals surface area contributed by atoms with E-state index in [0.29, 0.717) is 84.7 Å². The zero-order valence-electron chi connectivity index (χ0n) is 30.3. The second-order valence-corrected chi connectivity index (χ2v) is 14.3. The van der Waals surface area contributed by atoms with E-state index in [4.69, 9.17) is 0 Å². The zero-order chi connectivity index (χ0) is 37.6. The summed E-state index contributed by atoms with van der Waals surface area (Å²) in [6.45, 7) is 4.94. The van der Waals surface area contributed by atoms with Gasteiger partial charge in [-0.2, -0.15) is 13.2 Å². The number of nitrogens with zero attached hydrogens (tertiary/aromatic N) is 5. The Kier molecular flexibility index (Phi) is 12.4. The number of carbonyl (C=O) groups is 3. The summed E-state index contributed by atoms with van der Waals surface area (Å²) in [6.07, 6.45) is 2.41. The van der Waals surface area contributed by atoms with Gasteiger partial charge < -0.3 is 35.0 Å². The molecule has 0 radical (unpaired) electrons. The van der Waals surface area contributed by atoms with Crippen LogP contribution in [0, 0.1) is 0 Å². The number of rotatable bonds is 14. The molecule has 5 rings (SSSR count). The van der Waals surface area contributed by atoms with Crippen LogP contribution in [0.1, 0.15) is 60.2 Å². The molecule has 11 nitrogen and oxygen atoms in total. The number of piperazine rings is 1. The quantitative estimate of drug-likeness (QED) is 0.100. The lowest BCUT2D eigenvalue weighted by Crippen LogP contribution is -2.51. The molecule has 3 N–H and O–H groups in total. The number of benzene rings is 2. The molecular weight excluding hydrogens is 694 g/mol. The summed E-state index contributed by atoms with van der Waals surface area (Å²) in [6, 6.07) is 9.75. The first-order valence-electron chi connectivity index (χ1n) is 17.5. The minimum Gasteiger partial charge on any atom is -0.363 e. The largest absolute Gasteiger partial charge is 0.416 e. The Morgan fingerprint density at radius 1 is 0.962 bits per heavy atom. The van der Waals surface area contributed by atoms with E-state index >= 15 is 0 Å². The number of fused-ring (bicyclic) bond motifs is 1. The normalized spacial score (nSPS) is 16.5. The third-order valence-corrected chi connectivity index (χ3v) is 10.4. The van der Waals surface area contributed by atoms with Crippen LogP contribution in [0.3, 0.4) is 0 Å². The number of halogens is 3. The Morgan fingerprint density at radius 2 is 1.63 bits per heavy atom. The summed E-state index contributed by atoms with van der Waals surface area (Å²) in [7, 11) is 5.26. The van der Waals surface area contributed by atoms with Crippen LogP contribution in [0.15, 0.2) is 64.7 Å². The van der Waals surface area contributed by atoms with Crippen molar-refractivity contribution in [3.63, 3.8) is 0 Å². The predicted molar refractivity (Wildman–Crippen MR) is 200 cm³/mol. The number of para-hydroxylation sites is 1. The first-order chi connectivity index (χ1) is 24.8. The Bertz CT molecular complexity index is 1750. The van der Waals surface area contributed by atoms with E-state index in [1.54, 1.807) is 16.8 Å². The summed E-state index contributed by atoms with van der Waals surface area (Å²) in [5, 5.41) is 6.49. The van der Waals surface area contributed by atoms with Gasteiger partial charge in [-0.3, -0.25) is 14.4 Å². The van der Waals surface area contributed by atoms with Crippen LogP contribution in [0.5, 0.6) is 0 Å². The third kappa shape index (κ3) is 9.22. The number of carbonyl (C=O) groups excluding carboxylic acids is 3. The van der Waals surface area contributed by atoms with E-state index < -0.39 is 23.6 Å². The number of amides is 3. The number of anilines is 2. The van der Waals surface area contributed by atoms with E-state index in [0.717, 1.165) is 24.6 Å². The molecular formula is C37H47F3N8O3S. The molecule has 0 unspecified atom stereocenters. The third-order valence-electron chi connectivity index (χ3n) is 9.26. The molecule has 15 heteroatoms. The fraction of sp³-hybridized carbons (Fsp3) is 0.459. The topological polar surface area (TPSA) is 113 Å². The van der Waals surface area contributed by atoms with Crippen LogP contribution in [-0.4, -0.2) is 103 Å². The fourth-order valence-corrected chi connectivity index (χ4v) is 7.03. The highest BCUT2D eigenvalue weighted by molar-refractivity contribution is 8.01. The number of likely N-dealkylation sites (N-methyl/N-ethyl adjacent to an activating group) is 1. The van der Waals surface area contributed by atoms with Gasteiger partial charge in [-0.1, -0.05) is 19.1 Å². The molecule has 0 atom stereocenters. The van der Waals surface area contributed by atoms with Gasteiger partial charge in [0.2, 0.25) is 5.91 Å². The van der Waals surface area contributed by atoms with Crippen molar-refractivity contribution in [2.45, 2.75) is 57.4 Å². The van der Waals surface area contributed by atoms with Gasteiger partial charge in [0.1, 0.15) is 11.5 Å². The number of nitrogens with one attached hydrogen (secondary N) is 3. The Balaban J connectivity index is 1.32. The number of aliphatic imine (C=N–C) groups is 1. The maximum absolute atomic E-state index is 14.2. The SMILES string of the molecule is CC=C(/N=C/N/C(CC)=C(\C(=O)N(C)CC(=O)Nc1ccc(C(F)(F)F)c2c1CC2)N1CCN(C(=O)c2ccccc2NSC2CC2)CC1)N(C)C. The van der Waals surface area contributed by atoms with Crippen LogP contribution in [0.25, 0.3) is 0 Å². The maximum Gasteiger partial charge on any atom is 0.416 e. The molecule has 2 aromatic carbocycles. The fourth-order valence-electron chi connectivity index (χ4n) is 6.19. The van der Waals surface area contributed by atoms with Gasteiger partial charge in [0.25, 0.3) is 11.8 Å². The average molecular weight is 741 g/mol. The Morgan fingerprint density at radius 3 is 2.23 bits per heavy atom. The molecule has 3 amide bonds. The van der Waals surface area contributed by atoms with Gasteiger partial charge in [-0.25, -0.2) is 4.99 Å². The van der Waals surface area contributed by atoms with Gasteiger partial charge in [-0.15, -0.1) is 0 Å². The number of hydrogen-bond donors (Lipinski definition) is 3. The van der Waals surface area contributed by atoms with Crippen molar-refractivity contribution >= 4 is 47.4 Å². The molecule has 2 aromatic rings. The highest BCUT2D eigenvalue weighted by Gasteiger charge is 2.37. The molecule has 1 heterocycles. The zero-order valence-corrected chi connectivity index (χ0v) is 31.1. The molecule has 1 saturated heterocycles. The molecule has 0 aromatic heterocycles. The summed E-state index contributed by atoms with van der Waals surface area (Å²) in [4.78, 5) is 52.4. The van der Waals surface area contributed by atoms with Crippen LogP contribution < -0.4 is 15.4 Å². The van der Waals surface area contributed by atoms with Crippen LogP contribution in [0.4, 0.5) is 24.5 Å². The van der Waals surface area contributed by atoms with E-state index in [2.05, 4.69) is 20.3 Å². The van der Waals surface area contributed by atoms with E-state index in [9.17, 15) is 27.6 Å². The second-order valence-electron chi connectivity index (χ2n) is 13.2. The highest BCUT2D eigenvalue weighted by Crippen LogP contribution is 2.41. The molecule has 2 aliphatic carbocycles. The monoisotopic (exact) mass is 740 g/mol. The van der Waals surface area contributed by atoms with Crippen molar-refractivity contribution in [2.24, 2.45) is 4.99 Å². The molecule has 3 aliphatic rings. The number of hydrogen-bond acceptors (Lipinski definition) is 8. The Hall–Kier alpha value is -4.66. The second kappa shape index (κ2) is 16.8. The van der Waals surface area contributed by atoms with Crippen LogP contribution in [0.2, 0.25) is 0 Å². The summed E-state index contributed by atoms with van der Waals surface area (Å²) in [5.74, 6) is -0.324. The standard InChI is InChI=1S/C37H47F3N8O3S/c1-6-29(41-23-42-32(7-2)45(3)4)34(36(51)46(5)22-33(49)43-30-17-16-28(37(38,39)40)25-14-15-26(25)30)47-18-20-48(21-19-47)35(50)27-10-8-9-11-31(27)44-52-24-12-13-24/h7-11,16-17,23-24,44H,6,12-15,18-22H2,1-5H3,(H,41,42)(H,43,49)/b32-7?,34-29+. The van der Waals surface area contributed by atoms with Crippen molar-refractivity contribution in [3.05, 3.63) is 81.9 Å². The molecule has 1 saturated carbocycles. The van der Waals surface area contributed by atoms with Gasteiger partial charge >= 0.3 is 6.18 Å². The van der Waals surface area contributed by atoms with Crippen molar-refractivity contribution < 1.29 is 27.6 Å². The molecule has 0 bridgehead atoms. The van der Waals surface area contributed by atoms with Crippen molar-refractivity contribution in [3.8, 4) is 0 Å². The van der Waals surface area contributed by atoms with Crippen molar-refractivity contribution in [1.82, 2.24) is 24.9 Å². The smallest absolute Gasteiger partial charge is 0.363 e. The molecule has 2 fully saturated rings. The van der Waals surface area contributed by atoms with Gasteiger partial charge in [0.15, 0.2) is 0 Å². The number of alkyl halides is 3. The Labute approximate surface area is 307 Å². The van der Waals surface area contributed by atoms with Gasteiger partial charge in [0.05, 0.1) is 29.7 Å². The van der Waals surface area contributed by atoms with Gasteiger partial charge in [0, 0.05) is 64.0 Å². The van der Waals surface area contributed by atoms with Crippen molar-refractivity contribution in [1.29, 1.82) is 0 Å². The molecule has 280 valence electrons. The highest BCUT2D eigenvalue weighted by atomic mass is 32.2. The van der Waals surface area contributed by atoms with Crippen molar-refractivity contribution in [2.75, 3.05) is 63.9 Å². The van der Waals surface area contributed by atoms with E-state index in [1.807, 2.05) is 68.1 Å². The summed E-state index contributed by atoms with van der Waals surface area (Å²) >= 11 is 1.64. The van der Waals surface area contributed by atoms with E-state index in [-0.39, 0.29) is 18.0 Å². The molecule has 1 aliphatic heterocycles. The number of allylic oxidation sites excluding steroid dienone is 2. The summed E-state index contributed by atoms with van der Waals surface area (Å²) < 4.78 is 43.7. The lowest BCUT2D eigenvalue weighted by Gasteiger charge is -2.38. The molecule has 52 heavy (non-hydrogen) atoms. The van der Waals surface area contributed by atoms with Crippen LogP contribution >= 0.6 is 11.9 Å². The first kappa shape index (κ1) is 38.6. The van der Waals surface area contributed by atoms with Crippen LogP contribution in [-0.2, 0) is 28.6 Å². The molecule has 0 spiro atoms. The summed E-state index contributed by atoms with van der Waals surface area (Å²) in [5.41, 5.74) is 2.63. The average Bonchev–Trinajstić information content (AvgIpc) is 3.93.